The van der Waals surface area contributed by atoms with Crippen molar-refractivity contribution in [1.82, 2.24) is 4.90 Å². The third-order valence-electron chi connectivity index (χ3n) is 4.35. The van der Waals surface area contributed by atoms with Crippen LogP contribution < -0.4 is 0 Å². The zero-order chi connectivity index (χ0) is 16.0. The summed E-state index contributed by atoms with van der Waals surface area (Å²) in [7, 11) is 1.30. The van der Waals surface area contributed by atoms with Crippen molar-refractivity contribution in [1.29, 1.82) is 0 Å². The number of hydrogen-bond donors (Lipinski definition) is 1. The van der Waals surface area contributed by atoms with Crippen molar-refractivity contribution in [3.8, 4) is 0 Å². The number of nitrogens with zero attached hydrogens (tertiary/aromatic N) is 1. The van der Waals surface area contributed by atoms with Crippen LogP contribution in [-0.2, 0) is 20.7 Å². The number of carbonyl (C=O) groups is 2. The van der Waals surface area contributed by atoms with Gasteiger partial charge in [0.15, 0.2) is 0 Å². The Kier molecular flexibility index (Phi) is 5.55. The number of esters is 1. The summed E-state index contributed by atoms with van der Waals surface area (Å²) < 4.78 is 4.64. The van der Waals surface area contributed by atoms with Gasteiger partial charge in [0.25, 0.3) is 0 Å². The second-order valence-corrected chi connectivity index (χ2v) is 5.82. The van der Waals surface area contributed by atoms with E-state index >= 15 is 0 Å². The number of aliphatic hydroxyl groups is 1. The van der Waals surface area contributed by atoms with Gasteiger partial charge in [0.1, 0.15) is 0 Å². The first-order chi connectivity index (χ1) is 10.6. The van der Waals surface area contributed by atoms with Crippen molar-refractivity contribution in [2.24, 2.45) is 5.41 Å². The molecule has 1 aliphatic heterocycles. The molecule has 1 heterocycles. The van der Waals surface area contributed by atoms with Crippen molar-refractivity contribution in [3.63, 3.8) is 0 Å². The molecule has 1 atom stereocenters. The SMILES string of the molecule is COC(=O)CC1(CO)CCN(CCCc2ccccc2)C1=O. The number of ether oxygens (including phenoxy) is 1. The standard InChI is InChI=1S/C17H23NO4/c1-22-15(20)12-17(13-19)9-11-18(16(17)21)10-5-8-14-6-3-2-4-7-14/h2-4,6-7,19H,5,8-13H2,1H3. The molecule has 2 rings (SSSR count). The molecule has 1 amide bonds. The van der Waals surface area contributed by atoms with E-state index in [1.54, 1.807) is 4.90 Å². The second-order valence-electron chi connectivity index (χ2n) is 5.82. The number of amides is 1. The number of aliphatic hydroxyl groups excluding tert-OH is 1. The van der Waals surface area contributed by atoms with E-state index < -0.39 is 11.4 Å². The summed E-state index contributed by atoms with van der Waals surface area (Å²) in [5, 5.41) is 9.60. The van der Waals surface area contributed by atoms with Crippen LogP contribution in [0.5, 0.6) is 0 Å². The molecule has 0 aromatic heterocycles. The molecule has 0 bridgehead atoms. The van der Waals surface area contributed by atoms with Gasteiger partial charge in [-0.3, -0.25) is 9.59 Å². The van der Waals surface area contributed by atoms with E-state index in [4.69, 9.17) is 0 Å². The molecular formula is C17H23NO4. The predicted molar refractivity (Wildman–Crippen MR) is 82.1 cm³/mol. The summed E-state index contributed by atoms with van der Waals surface area (Å²) >= 11 is 0. The Morgan fingerprint density at radius 1 is 1.36 bits per heavy atom. The zero-order valence-electron chi connectivity index (χ0n) is 13.0. The van der Waals surface area contributed by atoms with E-state index in [0.717, 1.165) is 12.8 Å². The van der Waals surface area contributed by atoms with Crippen LogP contribution in [0.2, 0.25) is 0 Å². The van der Waals surface area contributed by atoms with E-state index in [1.165, 1.54) is 12.7 Å². The molecule has 5 nitrogen and oxygen atoms in total. The van der Waals surface area contributed by atoms with Crippen LogP contribution in [0.15, 0.2) is 30.3 Å². The molecule has 0 aliphatic carbocycles. The van der Waals surface area contributed by atoms with E-state index in [1.807, 2.05) is 18.2 Å². The van der Waals surface area contributed by atoms with Gasteiger partial charge in [-0.15, -0.1) is 0 Å². The lowest BCUT2D eigenvalue weighted by Gasteiger charge is -2.24. The lowest BCUT2D eigenvalue weighted by Crippen LogP contribution is -2.39. The third kappa shape index (κ3) is 3.65. The number of methoxy groups -OCH3 is 1. The molecule has 1 aromatic carbocycles. The minimum absolute atomic E-state index is 0.0476. The molecule has 1 aliphatic rings. The third-order valence-corrected chi connectivity index (χ3v) is 4.35. The van der Waals surface area contributed by atoms with E-state index in [-0.39, 0.29) is 18.9 Å². The van der Waals surface area contributed by atoms with Crippen LogP contribution in [0.3, 0.4) is 0 Å². The first-order valence-corrected chi connectivity index (χ1v) is 7.62. The molecule has 22 heavy (non-hydrogen) atoms. The Morgan fingerprint density at radius 3 is 2.73 bits per heavy atom. The van der Waals surface area contributed by atoms with Crippen molar-refractivity contribution in [2.75, 3.05) is 26.8 Å². The largest absolute Gasteiger partial charge is 0.469 e. The highest BCUT2D eigenvalue weighted by molar-refractivity contribution is 5.89. The van der Waals surface area contributed by atoms with Crippen LogP contribution in [-0.4, -0.2) is 48.7 Å². The van der Waals surface area contributed by atoms with Crippen LogP contribution in [0.4, 0.5) is 0 Å². The van der Waals surface area contributed by atoms with Gasteiger partial charge in [-0.25, -0.2) is 0 Å². The average molecular weight is 305 g/mol. The Bertz CT molecular complexity index is 517. The number of aryl methyl sites for hydroxylation is 1. The maximum atomic E-state index is 12.5. The minimum Gasteiger partial charge on any atom is -0.469 e. The summed E-state index contributed by atoms with van der Waals surface area (Å²) in [6.45, 7) is 0.929. The number of rotatable bonds is 7. The molecule has 120 valence electrons. The molecular weight excluding hydrogens is 282 g/mol. The summed E-state index contributed by atoms with van der Waals surface area (Å²) in [4.78, 5) is 25.7. The van der Waals surface area contributed by atoms with E-state index in [2.05, 4.69) is 16.9 Å². The first-order valence-electron chi connectivity index (χ1n) is 7.62. The Morgan fingerprint density at radius 2 is 2.09 bits per heavy atom. The summed E-state index contributed by atoms with van der Waals surface area (Å²) in [5.74, 6) is -0.581. The zero-order valence-corrected chi connectivity index (χ0v) is 13.0. The van der Waals surface area contributed by atoms with Gasteiger partial charge in [-0.1, -0.05) is 30.3 Å². The Balaban J connectivity index is 1.88. The first kappa shape index (κ1) is 16.5. The van der Waals surface area contributed by atoms with Gasteiger partial charge in [0.05, 0.1) is 25.6 Å². The maximum Gasteiger partial charge on any atom is 0.306 e. The second kappa shape index (κ2) is 7.40. The molecule has 0 saturated carbocycles. The van der Waals surface area contributed by atoms with E-state index in [9.17, 15) is 14.7 Å². The number of carbonyl (C=O) groups excluding carboxylic acids is 2. The smallest absolute Gasteiger partial charge is 0.306 e. The highest BCUT2D eigenvalue weighted by atomic mass is 16.5. The molecule has 5 heteroatoms. The summed E-state index contributed by atoms with van der Waals surface area (Å²) in [5.41, 5.74) is 0.261. The van der Waals surface area contributed by atoms with Gasteiger partial charge < -0.3 is 14.7 Å². The maximum absolute atomic E-state index is 12.5. The van der Waals surface area contributed by atoms with Gasteiger partial charge in [-0.2, -0.15) is 0 Å². The fourth-order valence-corrected chi connectivity index (χ4v) is 2.94. The van der Waals surface area contributed by atoms with Gasteiger partial charge in [0.2, 0.25) is 5.91 Å². The fourth-order valence-electron chi connectivity index (χ4n) is 2.94. The quantitative estimate of drug-likeness (QED) is 0.773. The van der Waals surface area contributed by atoms with Gasteiger partial charge >= 0.3 is 5.97 Å². The highest BCUT2D eigenvalue weighted by Gasteiger charge is 2.47. The lowest BCUT2D eigenvalue weighted by molar-refractivity contribution is -0.150. The molecule has 1 unspecified atom stereocenters. The van der Waals surface area contributed by atoms with E-state index in [0.29, 0.717) is 19.5 Å². The predicted octanol–water partition coefficient (Wildman–Crippen LogP) is 1.39. The van der Waals surface area contributed by atoms with Crippen LogP contribution in [0.1, 0.15) is 24.8 Å². The van der Waals surface area contributed by atoms with Crippen LogP contribution in [0.25, 0.3) is 0 Å². The topological polar surface area (TPSA) is 66.8 Å². The Labute approximate surface area is 130 Å². The summed E-state index contributed by atoms with van der Waals surface area (Å²) in [6, 6.07) is 10.1. The lowest BCUT2D eigenvalue weighted by atomic mass is 9.84. The van der Waals surface area contributed by atoms with Crippen molar-refractivity contribution >= 4 is 11.9 Å². The number of likely N-dealkylation sites (tertiary alicyclic amines) is 1. The minimum atomic E-state index is -0.986. The average Bonchev–Trinajstić information content (AvgIpc) is 2.85. The molecule has 0 radical (unpaired) electrons. The van der Waals surface area contributed by atoms with Gasteiger partial charge in [0, 0.05) is 13.1 Å². The molecule has 1 fully saturated rings. The van der Waals surface area contributed by atoms with Crippen molar-refractivity contribution in [3.05, 3.63) is 35.9 Å². The number of hydrogen-bond acceptors (Lipinski definition) is 4. The normalized spacial score (nSPS) is 21.2. The molecule has 0 spiro atoms. The highest BCUT2D eigenvalue weighted by Crippen LogP contribution is 2.35. The molecule has 1 saturated heterocycles. The van der Waals surface area contributed by atoms with Crippen molar-refractivity contribution in [2.45, 2.75) is 25.7 Å². The molecule has 1 N–H and O–H groups in total. The van der Waals surface area contributed by atoms with Crippen LogP contribution in [0, 0.1) is 5.41 Å². The summed E-state index contributed by atoms with van der Waals surface area (Å²) in [6.07, 6.45) is 2.24. The molecule has 1 aromatic rings. The van der Waals surface area contributed by atoms with Gasteiger partial charge in [-0.05, 0) is 24.8 Å². The monoisotopic (exact) mass is 305 g/mol. The van der Waals surface area contributed by atoms with Crippen LogP contribution >= 0.6 is 0 Å². The number of benzene rings is 1. The Hall–Kier alpha value is -1.88. The van der Waals surface area contributed by atoms with Crippen molar-refractivity contribution < 1.29 is 19.4 Å². The fraction of sp³-hybridized carbons (Fsp3) is 0.529.